The summed E-state index contributed by atoms with van der Waals surface area (Å²) in [6.45, 7) is 8.88. The number of hydrogen-bond acceptors (Lipinski definition) is 6. The average molecular weight is 429 g/mol. The second-order valence-electron chi connectivity index (χ2n) is 9.08. The van der Waals surface area contributed by atoms with Gasteiger partial charge in [0.05, 0.1) is 23.3 Å². The van der Waals surface area contributed by atoms with Gasteiger partial charge in [0.1, 0.15) is 11.1 Å². The minimum atomic E-state index is -0.00165. The van der Waals surface area contributed by atoms with Gasteiger partial charge in [-0.1, -0.05) is 0 Å². The Hall–Kier alpha value is -1.62. The Morgan fingerprint density at radius 3 is 2.47 bits per heavy atom. The van der Waals surface area contributed by atoms with Crippen LogP contribution in [0.2, 0.25) is 0 Å². The van der Waals surface area contributed by atoms with E-state index in [0.29, 0.717) is 28.0 Å². The summed E-state index contributed by atoms with van der Waals surface area (Å²) in [6.07, 6.45) is 6.80. The lowest BCUT2D eigenvalue weighted by Crippen LogP contribution is -2.48. The fraction of sp³-hybridized carbons (Fsp3) is 0.696. The van der Waals surface area contributed by atoms with Crippen LogP contribution in [-0.4, -0.2) is 71.9 Å². The molecule has 1 aromatic heterocycles. The van der Waals surface area contributed by atoms with Gasteiger partial charge < -0.3 is 9.64 Å². The maximum Gasteiger partial charge on any atom is 0.255 e. The average Bonchev–Trinajstić information content (AvgIpc) is 3.57. The summed E-state index contributed by atoms with van der Waals surface area (Å²) >= 11 is 1.46. The van der Waals surface area contributed by atoms with Crippen molar-refractivity contribution in [2.45, 2.75) is 62.7 Å². The molecule has 0 spiro atoms. The topological polar surface area (TPSA) is 69.5 Å². The van der Waals surface area contributed by atoms with E-state index in [4.69, 9.17) is 4.74 Å². The number of nitriles is 1. The van der Waals surface area contributed by atoms with Crippen molar-refractivity contribution in [1.29, 1.82) is 5.26 Å². The molecule has 4 rings (SSSR count). The van der Waals surface area contributed by atoms with E-state index >= 15 is 0 Å². The Kier molecular flexibility index (Phi) is 6.66. The molecule has 1 saturated carbocycles. The minimum Gasteiger partial charge on any atom is -0.373 e. The number of ether oxygens (including phenoxy) is 1. The van der Waals surface area contributed by atoms with Crippen LogP contribution in [0, 0.1) is 17.2 Å². The second-order valence-corrected chi connectivity index (χ2v) is 9.87. The molecule has 3 heterocycles. The molecule has 2 saturated heterocycles. The van der Waals surface area contributed by atoms with Gasteiger partial charge in [-0.3, -0.25) is 9.69 Å². The van der Waals surface area contributed by atoms with Crippen LogP contribution in [0.1, 0.15) is 67.1 Å². The van der Waals surface area contributed by atoms with Crippen LogP contribution >= 0.6 is 11.8 Å². The molecule has 1 aromatic rings. The van der Waals surface area contributed by atoms with E-state index in [1.165, 1.54) is 11.8 Å². The van der Waals surface area contributed by atoms with E-state index < -0.39 is 0 Å². The van der Waals surface area contributed by atoms with Gasteiger partial charge >= 0.3 is 0 Å². The van der Waals surface area contributed by atoms with Crippen LogP contribution in [0.4, 0.5) is 0 Å². The highest BCUT2D eigenvalue weighted by Gasteiger charge is 2.32. The molecule has 3 aliphatic rings. The predicted octanol–water partition coefficient (Wildman–Crippen LogP) is 3.51. The highest BCUT2D eigenvalue weighted by Crippen LogP contribution is 2.41. The number of aromatic nitrogens is 1. The molecule has 6 nitrogen and oxygen atoms in total. The van der Waals surface area contributed by atoms with Crippen molar-refractivity contribution in [3.8, 4) is 6.07 Å². The smallest absolute Gasteiger partial charge is 0.255 e. The van der Waals surface area contributed by atoms with Crippen LogP contribution < -0.4 is 0 Å². The second kappa shape index (κ2) is 9.25. The molecule has 1 aliphatic carbocycles. The molecule has 0 aromatic carbocycles. The van der Waals surface area contributed by atoms with Crippen molar-refractivity contribution in [3.05, 3.63) is 22.9 Å². The van der Waals surface area contributed by atoms with Crippen molar-refractivity contribution in [1.82, 2.24) is 14.8 Å². The monoisotopic (exact) mass is 428 g/mol. The molecule has 2 unspecified atom stereocenters. The Morgan fingerprint density at radius 1 is 1.23 bits per heavy atom. The van der Waals surface area contributed by atoms with Gasteiger partial charge in [0, 0.05) is 44.3 Å². The van der Waals surface area contributed by atoms with Crippen LogP contribution in [0.25, 0.3) is 0 Å². The van der Waals surface area contributed by atoms with Gasteiger partial charge in [-0.2, -0.15) is 5.26 Å². The van der Waals surface area contributed by atoms with E-state index in [1.54, 1.807) is 0 Å². The number of likely N-dealkylation sites (tertiary alicyclic amines) is 1. The number of thioether (sulfide) groups is 1. The van der Waals surface area contributed by atoms with Crippen LogP contribution in [0.3, 0.4) is 0 Å². The lowest BCUT2D eigenvalue weighted by atomic mass is 9.94. The largest absolute Gasteiger partial charge is 0.373 e. The molecule has 0 radical (unpaired) electrons. The van der Waals surface area contributed by atoms with Crippen molar-refractivity contribution in [2.75, 3.05) is 39.0 Å². The number of carbonyl (C=O) groups excluding carboxylic acids is 1. The van der Waals surface area contributed by atoms with E-state index in [2.05, 4.69) is 29.8 Å². The number of hydrogen-bond donors (Lipinski definition) is 0. The number of rotatable bonds is 5. The fourth-order valence-electron chi connectivity index (χ4n) is 4.84. The Morgan fingerprint density at radius 2 is 1.90 bits per heavy atom. The van der Waals surface area contributed by atoms with Crippen molar-refractivity contribution in [3.63, 3.8) is 0 Å². The third-order valence-corrected chi connectivity index (χ3v) is 7.13. The number of carbonyl (C=O) groups is 1. The summed E-state index contributed by atoms with van der Waals surface area (Å²) in [6, 6.07) is 4.13. The number of pyridine rings is 1. The van der Waals surface area contributed by atoms with E-state index in [9.17, 15) is 10.1 Å². The first kappa shape index (κ1) is 21.6. The molecule has 30 heavy (non-hydrogen) atoms. The van der Waals surface area contributed by atoms with Crippen LogP contribution in [0.15, 0.2) is 11.1 Å². The Bertz CT molecular complexity index is 817. The third-order valence-electron chi connectivity index (χ3n) is 6.45. The molecule has 162 valence electrons. The summed E-state index contributed by atoms with van der Waals surface area (Å²) in [4.78, 5) is 22.5. The fourth-order valence-corrected chi connectivity index (χ4v) is 5.40. The van der Waals surface area contributed by atoms with Gasteiger partial charge in [-0.15, -0.1) is 11.8 Å². The molecule has 3 fully saturated rings. The number of piperidine rings is 1. The van der Waals surface area contributed by atoms with Crippen LogP contribution in [-0.2, 0) is 4.74 Å². The SMILES string of the molecule is CSc1nc(C2CC2)cc(C(=O)N2CCC(CN3CC(C)OC(C)C3)CC2)c1C#N. The van der Waals surface area contributed by atoms with Gasteiger partial charge in [0.2, 0.25) is 0 Å². The molecular formula is C23H32N4O2S. The maximum absolute atomic E-state index is 13.3. The van der Waals surface area contributed by atoms with E-state index in [-0.39, 0.29) is 18.1 Å². The summed E-state index contributed by atoms with van der Waals surface area (Å²) in [7, 11) is 0. The Labute approximate surface area is 184 Å². The standard InChI is InChI=1S/C23H32N4O2S/c1-15-12-26(13-16(2)29-15)14-17-6-8-27(9-7-17)23(28)19-10-21(18-4-5-18)25-22(30-3)20(19)11-24/h10,15-18H,4-9,12-14H2,1-3H3. The normalized spacial score (nSPS) is 25.9. The Balaban J connectivity index is 1.41. The zero-order valence-corrected chi connectivity index (χ0v) is 19.1. The van der Waals surface area contributed by atoms with Crippen molar-refractivity contribution >= 4 is 17.7 Å². The molecule has 0 N–H and O–H groups in total. The first-order chi connectivity index (χ1) is 14.5. The van der Waals surface area contributed by atoms with Crippen molar-refractivity contribution < 1.29 is 9.53 Å². The molecule has 0 bridgehead atoms. The van der Waals surface area contributed by atoms with Gasteiger partial charge in [0.15, 0.2) is 0 Å². The zero-order valence-electron chi connectivity index (χ0n) is 18.3. The summed E-state index contributed by atoms with van der Waals surface area (Å²) in [5.74, 6) is 1.07. The van der Waals surface area contributed by atoms with E-state index in [0.717, 1.165) is 64.1 Å². The first-order valence-electron chi connectivity index (χ1n) is 11.1. The summed E-state index contributed by atoms with van der Waals surface area (Å²) < 4.78 is 5.85. The number of nitrogens with zero attached hydrogens (tertiary/aromatic N) is 4. The highest BCUT2D eigenvalue weighted by atomic mass is 32.2. The summed E-state index contributed by atoms with van der Waals surface area (Å²) in [5, 5.41) is 10.4. The minimum absolute atomic E-state index is 0.00165. The molecule has 2 aliphatic heterocycles. The first-order valence-corrected chi connectivity index (χ1v) is 12.4. The number of morpholine rings is 1. The number of amides is 1. The van der Waals surface area contributed by atoms with Gasteiger partial charge in [0.25, 0.3) is 5.91 Å². The molecule has 1 amide bonds. The maximum atomic E-state index is 13.3. The molecular weight excluding hydrogens is 396 g/mol. The highest BCUT2D eigenvalue weighted by molar-refractivity contribution is 7.98. The zero-order chi connectivity index (χ0) is 21.3. The third kappa shape index (κ3) is 4.82. The van der Waals surface area contributed by atoms with Gasteiger partial charge in [-0.25, -0.2) is 4.98 Å². The quantitative estimate of drug-likeness (QED) is 0.669. The van der Waals surface area contributed by atoms with Crippen LogP contribution in [0.5, 0.6) is 0 Å². The van der Waals surface area contributed by atoms with Crippen molar-refractivity contribution in [2.24, 2.45) is 5.92 Å². The van der Waals surface area contributed by atoms with E-state index in [1.807, 2.05) is 17.2 Å². The van der Waals surface area contributed by atoms with Gasteiger partial charge in [-0.05, 0) is 57.8 Å². The molecule has 2 atom stereocenters. The lowest BCUT2D eigenvalue weighted by molar-refractivity contribution is -0.0728. The predicted molar refractivity (Wildman–Crippen MR) is 118 cm³/mol. The molecule has 7 heteroatoms. The lowest BCUT2D eigenvalue weighted by Gasteiger charge is -2.39. The summed E-state index contributed by atoms with van der Waals surface area (Å²) in [5.41, 5.74) is 1.97.